The van der Waals surface area contributed by atoms with Gasteiger partial charge in [-0.3, -0.25) is 0 Å². The van der Waals surface area contributed by atoms with E-state index in [9.17, 15) is 0 Å². The Labute approximate surface area is 117 Å². The molecule has 0 radical (unpaired) electrons. The Balaban J connectivity index is 2.14. The molecule has 19 heavy (non-hydrogen) atoms. The van der Waals surface area contributed by atoms with Crippen LogP contribution in [-0.4, -0.2) is 12.1 Å². The topological polar surface area (TPSA) is 27.0 Å². The summed E-state index contributed by atoms with van der Waals surface area (Å²) >= 11 is 0. The highest BCUT2D eigenvalue weighted by Crippen LogP contribution is 2.36. The van der Waals surface area contributed by atoms with Crippen LogP contribution in [0.3, 0.4) is 0 Å². The molecule has 1 aliphatic rings. The molecule has 1 fully saturated rings. The monoisotopic (exact) mass is 256 g/mol. The molecule has 2 nitrogen and oxygen atoms in total. The predicted molar refractivity (Wildman–Crippen MR) is 80.2 cm³/mol. The molecule has 0 amide bonds. The number of hydrogen-bond acceptors (Lipinski definition) is 2. The number of nitriles is 1. The average Bonchev–Trinajstić information content (AvgIpc) is 2.38. The summed E-state index contributed by atoms with van der Waals surface area (Å²) < 4.78 is 0. The van der Waals surface area contributed by atoms with Crippen molar-refractivity contribution in [1.82, 2.24) is 0 Å². The maximum Gasteiger partial charge on any atom is 0.0624 e. The summed E-state index contributed by atoms with van der Waals surface area (Å²) in [5.41, 5.74) is 2.85. The molecular weight excluding hydrogens is 232 g/mol. The molecule has 2 rings (SSSR count). The van der Waals surface area contributed by atoms with E-state index >= 15 is 0 Å². The summed E-state index contributed by atoms with van der Waals surface area (Å²) in [6, 6.07) is 11.3. The van der Waals surface area contributed by atoms with Gasteiger partial charge in [0.15, 0.2) is 0 Å². The van der Waals surface area contributed by atoms with Crippen molar-refractivity contribution in [3.05, 3.63) is 29.8 Å². The predicted octanol–water partition coefficient (Wildman–Crippen LogP) is 4.16. The first-order chi connectivity index (χ1) is 9.06. The van der Waals surface area contributed by atoms with Crippen LogP contribution in [0.5, 0.6) is 0 Å². The first-order valence-corrected chi connectivity index (χ1v) is 7.30. The van der Waals surface area contributed by atoms with Crippen molar-refractivity contribution in [3.8, 4) is 6.07 Å². The maximum atomic E-state index is 8.87. The lowest BCUT2D eigenvalue weighted by Gasteiger charge is -2.47. The number of anilines is 1. The zero-order chi connectivity index (χ0) is 13.9. The van der Waals surface area contributed by atoms with Crippen molar-refractivity contribution in [2.75, 3.05) is 11.4 Å². The lowest BCUT2D eigenvalue weighted by Crippen LogP contribution is -2.50. The Morgan fingerprint density at radius 2 is 2.00 bits per heavy atom. The number of rotatable bonds is 3. The van der Waals surface area contributed by atoms with Crippen molar-refractivity contribution in [2.45, 2.75) is 52.0 Å². The van der Waals surface area contributed by atoms with E-state index in [0.717, 1.165) is 25.8 Å². The molecule has 0 aromatic heterocycles. The molecule has 1 unspecified atom stereocenters. The van der Waals surface area contributed by atoms with Gasteiger partial charge in [0.05, 0.1) is 6.07 Å². The fourth-order valence-electron chi connectivity index (χ4n) is 3.23. The number of benzene rings is 1. The van der Waals surface area contributed by atoms with Gasteiger partial charge in [0, 0.05) is 24.2 Å². The van der Waals surface area contributed by atoms with Gasteiger partial charge in [-0.05, 0) is 56.7 Å². The van der Waals surface area contributed by atoms with Crippen LogP contribution in [0.4, 0.5) is 5.69 Å². The summed E-state index contributed by atoms with van der Waals surface area (Å²) in [5.74, 6) is 0.561. The van der Waals surface area contributed by atoms with Gasteiger partial charge in [0.2, 0.25) is 0 Å². The average molecular weight is 256 g/mol. The van der Waals surface area contributed by atoms with Crippen LogP contribution in [0, 0.1) is 17.2 Å². The van der Waals surface area contributed by atoms with Gasteiger partial charge in [-0.25, -0.2) is 0 Å². The van der Waals surface area contributed by atoms with Crippen LogP contribution in [0.1, 0.15) is 45.6 Å². The van der Waals surface area contributed by atoms with Crippen LogP contribution in [0.25, 0.3) is 0 Å². The minimum absolute atomic E-state index is 0.146. The standard InChI is InChI=1S/C17H24N2/c1-4-14-5-7-16(8-6-14)19-12-10-15(9-11-18)13-17(19,2)3/h5-8,15H,4,9-10,12-13H2,1-3H3. The zero-order valence-corrected chi connectivity index (χ0v) is 12.3. The Hall–Kier alpha value is -1.49. The summed E-state index contributed by atoms with van der Waals surface area (Å²) in [7, 11) is 0. The highest BCUT2D eigenvalue weighted by Gasteiger charge is 2.34. The lowest BCUT2D eigenvalue weighted by atomic mass is 9.81. The highest BCUT2D eigenvalue weighted by atomic mass is 15.2. The van der Waals surface area contributed by atoms with E-state index in [0.29, 0.717) is 12.3 Å². The summed E-state index contributed by atoms with van der Waals surface area (Å²) in [6.07, 6.45) is 4.03. The van der Waals surface area contributed by atoms with Crippen LogP contribution < -0.4 is 4.90 Å². The maximum absolute atomic E-state index is 8.87. The van der Waals surface area contributed by atoms with Gasteiger partial charge >= 0.3 is 0 Å². The van der Waals surface area contributed by atoms with E-state index in [1.807, 2.05) is 0 Å². The highest BCUT2D eigenvalue weighted by molar-refractivity contribution is 5.50. The molecular formula is C17H24N2. The lowest BCUT2D eigenvalue weighted by molar-refractivity contribution is 0.277. The van der Waals surface area contributed by atoms with Crippen molar-refractivity contribution < 1.29 is 0 Å². The summed E-state index contributed by atoms with van der Waals surface area (Å²) in [6.45, 7) is 7.84. The molecule has 0 saturated carbocycles. The molecule has 1 heterocycles. The number of nitrogens with zero attached hydrogens (tertiary/aromatic N) is 2. The number of hydrogen-bond donors (Lipinski definition) is 0. The SMILES string of the molecule is CCc1ccc(N2CCC(CC#N)CC2(C)C)cc1. The molecule has 1 atom stereocenters. The Kier molecular flexibility index (Phi) is 4.14. The molecule has 0 aliphatic carbocycles. The second kappa shape index (κ2) is 5.65. The van der Waals surface area contributed by atoms with Gasteiger partial charge in [0.1, 0.15) is 0 Å². The molecule has 1 aromatic carbocycles. The Morgan fingerprint density at radius 3 is 2.53 bits per heavy atom. The number of piperidine rings is 1. The van der Waals surface area contributed by atoms with Gasteiger partial charge in [-0.15, -0.1) is 0 Å². The molecule has 1 aromatic rings. The third kappa shape index (κ3) is 3.10. The van der Waals surface area contributed by atoms with Crippen molar-refractivity contribution in [1.29, 1.82) is 5.26 Å². The van der Waals surface area contributed by atoms with E-state index < -0.39 is 0 Å². The quantitative estimate of drug-likeness (QED) is 0.812. The van der Waals surface area contributed by atoms with Gasteiger partial charge in [-0.1, -0.05) is 19.1 Å². The molecule has 0 N–H and O–H groups in total. The zero-order valence-electron chi connectivity index (χ0n) is 12.3. The first kappa shape index (κ1) is 13.9. The van der Waals surface area contributed by atoms with E-state index in [1.165, 1.54) is 11.3 Å². The fourth-order valence-corrected chi connectivity index (χ4v) is 3.23. The largest absolute Gasteiger partial charge is 0.366 e. The van der Waals surface area contributed by atoms with Crippen molar-refractivity contribution in [3.63, 3.8) is 0 Å². The normalized spacial score (nSPS) is 22.0. The number of aryl methyl sites for hydroxylation is 1. The minimum atomic E-state index is 0.146. The van der Waals surface area contributed by atoms with Gasteiger partial charge < -0.3 is 4.90 Å². The molecule has 1 aliphatic heterocycles. The minimum Gasteiger partial charge on any atom is -0.366 e. The van der Waals surface area contributed by atoms with Gasteiger partial charge in [0.25, 0.3) is 0 Å². The molecule has 2 heteroatoms. The Morgan fingerprint density at radius 1 is 1.32 bits per heavy atom. The first-order valence-electron chi connectivity index (χ1n) is 7.30. The van der Waals surface area contributed by atoms with Crippen LogP contribution in [0.15, 0.2) is 24.3 Å². The molecule has 102 valence electrons. The van der Waals surface area contributed by atoms with E-state index in [4.69, 9.17) is 5.26 Å². The van der Waals surface area contributed by atoms with E-state index in [-0.39, 0.29) is 5.54 Å². The van der Waals surface area contributed by atoms with Crippen molar-refractivity contribution >= 4 is 5.69 Å². The van der Waals surface area contributed by atoms with Gasteiger partial charge in [-0.2, -0.15) is 5.26 Å². The molecule has 0 spiro atoms. The van der Waals surface area contributed by atoms with Crippen LogP contribution >= 0.6 is 0 Å². The van der Waals surface area contributed by atoms with Crippen molar-refractivity contribution in [2.24, 2.45) is 5.92 Å². The molecule has 1 saturated heterocycles. The van der Waals surface area contributed by atoms with Crippen LogP contribution in [0.2, 0.25) is 0 Å². The fraction of sp³-hybridized carbons (Fsp3) is 0.588. The summed E-state index contributed by atoms with van der Waals surface area (Å²) in [5, 5.41) is 8.87. The Bertz CT molecular complexity index is 453. The second-order valence-electron chi connectivity index (χ2n) is 6.21. The van der Waals surface area contributed by atoms with E-state index in [1.54, 1.807) is 0 Å². The second-order valence-corrected chi connectivity index (χ2v) is 6.21. The molecule has 0 bridgehead atoms. The third-order valence-corrected chi connectivity index (χ3v) is 4.32. The van der Waals surface area contributed by atoms with E-state index in [2.05, 4.69) is 56.0 Å². The van der Waals surface area contributed by atoms with Crippen LogP contribution in [-0.2, 0) is 6.42 Å². The summed E-state index contributed by atoms with van der Waals surface area (Å²) in [4.78, 5) is 2.50. The smallest absolute Gasteiger partial charge is 0.0624 e. The third-order valence-electron chi connectivity index (χ3n) is 4.32.